The third-order valence-corrected chi connectivity index (χ3v) is 2.99. The highest BCUT2D eigenvalue weighted by Crippen LogP contribution is 2.23. The summed E-state index contributed by atoms with van der Waals surface area (Å²) in [6.07, 6.45) is 0. The lowest BCUT2D eigenvalue weighted by atomic mass is 10.1. The van der Waals surface area contributed by atoms with Gasteiger partial charge in [0, 0.05) is 31.7 Å². The highest BCUT2D eigenvalue weighted by molar-refractivity contribution is 5.99. The minimum absolute atomic E-state index is 0.0608. The number of benzene rings is 1. The Labute approximate surface area is 111 Å². The Hall–Kier alpha value is -2.14. The summed E-state index contributed by atoms with van der Waals surface area (Å²) in [7, 11) is 3.46. The average molecular weight is 259 g/mol. The predicted octanol–water partition coefficient (Wildman–Crippen LogP) is 1.34. The lowest BCUT2D eigenvalue weighted by Crippen LogP contribution is -2.30. The summed E-state index contributed by atoms with van der Waals surface area (Å²) in [6.45, 7) is 0.233. The molecule has 1 aromatic heterocycles. The number of anilines is 1. The van der Waals surface area contributed by atoms with Crippen molar-refractivity contribution in [3.05, 3.63) is 36.0 Å². The Kier molecular flexibility index (Phi) is 3.97. The highest BCUT2D eigenvalue weighted by atomic mass is 16.3. The van der Waals surface area contributed by atoms with Gasteiger partial charge in [-0.1, -0.05) is 18.2 Å². The van der Waals surface area contributed by atoms with E-state index >= 15 is 0 Å². The number of hydrogen-bond donors (Lipinski definition) is 2. The summed E-state index contributed by atoms with van der Waals surface area (Å²) >= 11 is 0. The molecular formula is C14H17N3O2. The lowest BCUT2D eigenvalue weighted by Gasteiger charge is -2.16. The van der Waals surface area contributed by atoms with Gasteiger partial charge in [0.15, 0.2) is 0 Å². The number of pyridine rings is 1. The zero-order chi connectivity index (χ0) is 13.8. The third kappa shape index (κ3) is 2.66. The largest absolute Gasteiger partial charge is 0.395 e. The lowest BCUT2D eigenvalue weighted by molar-refractivity contribution is 0.0761. The molecule has 0 saturated carbocycles. The van der Waals surface area contributed by atoms with Crippen LogP contribution in [0, 0.1) is 0 Å². The number of rotatable bonds is 4. The Morgan fingerprint density at radius 3 is 2.84 bits per heavy atom. The van der Waals surface area contributed by atoms with Crippen LogP contribution in [0.5, 0.6) is 0 Å². The van der Waals surface area contributed by atoms with E-state index in [0.29, 0.717) is 12.2 Å². The number of aromatic nitrogens is 1. The Morgan fingerprint density at radius 1 is 1.42 bits per heavy atom. The number of hydrogen-bond acceptors (Lipinski definition) is 4. The maximum absolute atomic E-state index is 12.2. The van der Waals surface area contributed by atoms with E-state index in [1.54, 1.807) is 13.1 Å². The first-order valence-electron chi connectivity index (χ1n) is 6.11. The molecule has 0 fully saturated rings. The van der Waals surface area contributed by atoms with Gasteiger partial charge in [-0.2, -0.15) is 0 Å². The van der Waals surface area contributed by atoms with Crippen molar-refractivity contribution >= 4 is 22.5 Å². The molecule has 0 aliphatic heterocycles. The monoisotopic (exact) mass is 259 g/mol. The molecular weight excluding hydrogens is 242 g/mol. The van der Waals surface area contributed by atoms with E-state index in [4.69, 9.17) is 5.11 Å². The van der Waals surface area contributed by atoms with E-state index in [1.807, 2.05) is 31.3 Å². The number of para-hydroxylation sites is 1. The summed E-state index contributed by atoms with van der Waals surface area (Å²) < 4.78 is 0. The van der Waals surface area contributed by atoms with Crippen LogP contribution in [-0.2, 0) is 0 Å². The van der Waals surface area contributed by atoms with Crippen molar-refractivity contribution in [2.45, 2.75) is 0 Å². The molecule has 2 rings (SSSR count). The predicted molar refractivity (Wildman–Crippen MR) is 75.3 cm³/mol. The van der Waals surface area contributed by atoms with Gasteiger partial charge in [-0.15, -0.1) is 0 Å². The number of carbonyl (C=O) groups excluding carboxylic acids is 1. The maximum atomic E-state index is 12.2. The summed E-state index contributed by atoms with van der Waals surface area (Å²) in [6, 6.07) is 9.39. The van der Waals surface area contributed by atoms with E-state index in [0.717, 1.165) is 16.6 Å². The molecule has 1 amide bonds. The van der Waals surface area contributed by atoms with Crippen molar-refractivity contribution in [3.63, 3.8) is 0 Å². The molecule has 0 unspecified atom stereocenters. The summed E-state index contributed by atoms with van der Waals surface area (Å²) in [4.78, 5) is 18.0. The van der Waals surface area contributed by atoms with E-state index in [1.165, 1.54) is 4.90 Å². The van der Waals surface area contributed by atoms with Gasteiger partial charge in [0.05, 0.1) is 12.1 Å². The molecule has 5 nitrogen and oxygen atoms in total. The number of carbonyl (C=O) groups is 1. The second kappa shape index (κ2) is 5.67. The van der Waals surface area contributed by atoms with Gasteiger partial charge in [0.25, 0.3) is 5.91 Å². The number of likely N-dealkylation sites (N-methyl/N-ethyl adjacent to an activating group) is 1. The quantitative estimate of drug-likeness (QED) is 0.869. The van der Waals surface area contributed by atoms with Crippen LogP contribution < -0.4 is 5.32 Å². The normalized spacial score (nSPS) is 10.5. The van der Waals surface area contributed by atoms with Crippen molar-refractivity contribution in [2.24, 2.45) is 0 Å². The third-order valence-electron chi connectivity index (χ3n) is 2.99. The molecule has 0 radical (unpaired) electrons. The van der Waals surface area contributed by atoms with Crippen LogP contribution in [0.2, 0.25) is 0 Å². The first kappa shape index (κ1) is 13.3. The molecule has 0 aliphatic rings. The van der Waals surface area contributed by atoms with Crippen molar-refractivity contribution in [3.8, 4) is 0 Å². The molecule has 100 valence electrons. The van der Waals surface area contributed by atoms with Crippen LogP contribution in [0.4, 0.5) is 5.69 Å². The van der Waals surface area contributed by atoms with Crippen molar-refractivity contribution < 1.29 is 9.90 Å². The van der Waals surface area contributed by atoms with E-state index < -0.39 is 0 Å². The molecule has 19 heavy (non-hydrogen) atoms. The number of aliphatic hydroxyl groups is 1. The number of amides is 1. The topological polar surface area (TPSA) is 65.5 Å². The Bertz CT molecular complexity index is 598. The molecule has 0 atom stereocenters. The Balaban J connectivity index is 2.47. The summed E-state index contributed by atoms with van der Waals surface area (Å²) in [5, 5.41) is 12.9. The second-order valence-electron chi connectivity index (χ2n) is 4.27. The zero-order valence-corrected chi connectivity index (χ0v) is 11.1. The van der Waals surface area contributed by atoms with Gasteiger partial charge in [-0.3, -0.25) is 4.79 Å². The summed E-state index contributed by atoms with van der Waals surface area (Å²) in [5.74, 6) is -0.198. The van der Waals surface area contributed by atoms with E-state index in [-0.39, 0.29) is 12.5 Å². The average Bonchev–Trinajstić information content (AvgIpc) is 2.45. The first-order valence-corrected chi connectivity index (χ1v) is 6.11. The fourth-order valence-corrected chi connectivity index (χ4v) is 1.94. The number of nitrogens with one attached hydrogen (secondary N) is 1. The fraction of sp³-hybridized carbons (Fsp3) is 0.286. The molecule has 0 aliphatic carbocycles. The van der Waals surface area contributed by atoms with E-state index in [9.17, 15) is 4.79 Å². The highest BCUT2D eigenvalue weighted by Gasteiger charge is 2.15. The molecule has 1 heterocycles. The number of nitrogens with zero attached hydrogens (tertiary/aromatic N) is 2. The molecule has 5 heteroatoms. The van der Waals surface area contributed by atoms with Crippen molar-refractivity contribution in [1.82, 2.24) is 9.88 Å². The van der Waals surface area contributed by atoms with Gasteiger partial charge in [0.2, 0.25) is 0 Å². The van der Waals surface area contributed by atoms with Crippen molar-refractivity contribution in [1.29, 1.82) is 0 Å². The smallest absolute Gasteiger partial charge is 0.272 e. The van der Waals surface area contributed by atoms with E-state index in [2.05, 4.69) is 10.3 Å². The van der Waals surface area contributed by atoms with Gasteiger partial charge in [0.1, 0.15) is 5.69 Å². The van der Waals surface area contributed by atoms with Gasteiger partial charge in [-0.05, 0) is 12.1 Å². The van der Waals surface area contributed by atoms with Crippen LogP contribution in [0.25, 0.3) is 10.9 Å². The number of fused-ring (bicyclic) bond motifs is 1. The minimum atomic E-state index is -0.198. The maximum Gasteiger partial charge on any atom is 0.272 e. The van der Waals surface area contributed by atoms with Crippen molar-refractivity contribution in [2.75, 3.05) is 32.6 Å². The second-order valence-corrected chi connectivity index (χ2v) is 4.27. The van der Waals surface area contributed by atoms with Gasteiger partial charge in [-0.25, -0.2) is 4.98 Å². The summed E-state index contributed by atoms with van der Waals surface area (Å²) in [5.41, 5.74) is 2.01. The SMILES string of the molecule is CNc1cc(C(=O)N(C)CCO)nc2ccccc12. The molecule has 0 bridgehead atoms. The molecule has 2 N–H and O–H groups in total. The molecule has 0 saturated heterocycles. The molecule has 2 aromatic rings. The zero-order valence-electron chi connectivity index (χ0n) is 11.1. The molecule has 0 spiro atoms. The van der Waals surface area contributed by atoms with Crippen LogP contribution in [0.3, 0.4) is 0 Å². The number of aliphatic hydroxyl groups excluding tert-OH is 1. The van der Waals surface area contributed by atoms with Crippen LogP contribution in [0.1, 0.15) is 10.5 Å². The van der Waals surface area contributed by atoms with Gasteiger partial charge < -0.3 is 15.3 Å². The standard InChI is InChI=1S/C14H17N3O2/c1-15-12-9-13(14(19)17(2)7-8-18)16-11-6-4-3-5-10(11)12/h3-6,9,18H,7-8H2,1-2H3,(H,15,16). The Morgan fingerprint density at radius 2 is 2.16 bits per heavy atom. The minimum Gasteiger partial charge on any atom is -0.395 e. The van der Waals surface area contributed by atoms with Crippen LogP contribution in [-0.4, -0.2) is 48.1 Å². The first-order chi connectivity index (χ1) is 9.17. The fourth-order valence-electron chi connectivity index (χ4n) is 1.94. The van der Waals surface area contributed by atoms with Crippen LogP contribution in [0.15, 0.2) is 30.3 Å². The molecule has 1 aromatic carbocycles. The van der Waals surface area contributed by atoms with Gasteiger partial charge >= 0.3 is 0 Å². The van der Waals surface area contributed by atoms with Crippen LogP contribution >= 0.6 is 0 Å².